The quantitative estimate of drug-likeness (QED) is 0.123. The van der Waals surface area contributed by atoms with E-state index in [0.29, 0.717) is 51.1 Å². The summed E-state index contributed by atoms with van der Waals surface area (Å²) in [6.45, 7) is 0. The summed E-state index contributed by atoms with van der Waals surface area (Å²) in [6.07, 6.45) is 6.16. The second-order valence-electron chi connectivity index (χ2n) is 11.4. The summed E-state index contributed by atoms with van der Waals surface area (Å²) in [5.74, 6) is 0.388. The maximum Gasteiger partial charge on any atom is 0.282 e. The fourth-order valence-corrected chi connectivity index (χ4v) is 5.85. The molecule has 0 spiro atoms. The van der Waals surface area contributed by atoms with Gasteiger partial charge in [0.2, 0.25) is 0 Å². The van der Waals surface area contributed by atoms with Gasteiger partial charge < -0.3 is 8.83 Å². The smallest absolute Gasteiger partial charge is 0.282 e. The van der Waals surface area contributed by atoms with Gasteiger partial charge in [0, 0.05) is 34.4 Å². The van der Waals surface area contributed by atoms with Crippen LogP contribution in [0.3, 0.4) is 0 Å². The Bertz CT molecular complexity index is 2360. The molecular formula is C41H26N4O5. The van der Waals surface area contributed by atoms with Gasteiger partial charge in [-0.15, -0.1) is 0 Å². The zero-order valence-electron chi connectivity index (χ0n) is 26.3. The lowest BCUT2D eigenvalue weighted by atomic mass is 10.0. The van der Waals surface area contributed by atoms with Crippen LogP contribution in [0.2, 0.25) is 0 Å². The maximum absolute atomic E-state index is 14.5. The molecule has 0 saturated heterocycles. The number of hydrogen-bond acceptors (Lipinski definition) is 7. The van der Waals surface area contributed by atoms with Crippen LogP contribution in [0.5, 0.6) is 0 Å². The fourth-order valence-electron chi connectivity index (χ4n) is 5.85. The number of anilines is 2. The maximum atomic E-state index is 14.5. The van der Waals surface area contributed by atoms with E-state index in [1.54, 1.807) is 78.9 Å². The molecule has 0 aliphatic carbocycles. The monoisotopic (exact) mass is 654 g/mol. The zero-order valence-corrected chi connectivity index (χ0v) is 26.3. The van der Waals surface area contributed by atoms with Crippen molar-refractivity contribution in [3.8, 4) is 0 Å². The third-order valence-electron chi connectivity index (χ3n) is 8.18. The number of amides is 2. The Morgan fingerprint density at radius 3 is 1.48 bits per heavy atom. The molecule has 4 heterocycles. The Labute approximate surface area is 286 Å². The molecule has 240 valence electrons. The molecule has 2 aliphatic heterocycles. The van der Waals surface area contributed by atoms with Crippen molar-refractivity contribution in [3.05, 3.63) is 191 Å². The number of ketones is 1. The molecule has 0 unspecified atom stereocenters. The predicted molar refractivity (Wildman–Crippen MR) is 191 cm³/mol. The van der Waals surface area contributed by atoms with E-state index in [4.69, 9.17) is 18.8 Å². The lowest BCUT2D eigenvalue weighted by Crippen LogP contribution is -2.38. The van der Waals surface area contributed by atoms with Crippen LogP contribution in [-0.2, 0) is 9.59 Å². The number of amidine groups is 2. The number of nitrogens with zero attached hydrogens (tertiary/aromatic N) is 4. The van der Waals surface area contributed by atoms with Crippen molar-refractivity contribution in [2.24, 2.45) is 9.98 Å². The molecule has 2 amide bonds. The SMILES string of the molecule is O=C(c1ccccc1)c1ccc(N2C(=O)C(=Cc3ccco3)N=C2c2ccccc2)c(N2C(=O)C(=Cc3ccco3)N=C2c2ccccc2)c1. The first kappa shape index (κ1) is 30.2. The van der Waals surface area contributed by atoms with Crippen LogP contribution in [0.1, 0.15) is 38.6 Å². The van der Waals surface area contributed by atoms with Crippen molar-refractivity contribution < 1.29 is 23.2 Å². The number of hydrogen-bond donors (Lipinski definition) is 0. The van der Waals surface area contributed by atoms with Crippen molar-refractivity contribution in [2.45, 2.75) is 0 Å². The first-order valence-corrected chi connectivity index (χ1v) is 15.8. The van der Waals surface area contributed by atoms with Gasteiger partial charge >= 0.3 is 0 Å². The number of rotatable bonds is 8. The lowest BCUT2D eigenvalue weighted by Gasteiger charge is -2.27. The molecule has 8 rings (SSSR count). The topological polar surface area (TPSA) is 109 Å². The molecule has 0 atom stereocenters. The second-order valence-corrected chi connectivity index (χ2v) is 11.4. The highest BCUT2D eigenvalue weighted by Crippen LogP contribution is 2.40. The van der Waals surface area contributed by atoms with Gasteiger partial charge in [-0.1, -0.05) is 91.0 Å². The number of carbonyl (C=O) groups excluding carboxylic acids is 3. The van der Waals surface area contributed by atoms with Crippen LogP contribution in [0.15, 0.2) is 176 Å². The highest BCUT2D eigenvalue weighted by Gasteiger charge is 2.40. The van der Waals surface area contributed by atoms with Gasteiger partial charge in [-0.25, -0.2) is 9.98 Å². The number of carbonyl (C=O) groups is 3. The molecule has 0 saturated carbocycles. The average molecular weight is 655 g/mol. The van der Waals surface area contributed by atoms with E-state index in [0.717, 1.165) is 0 Å². The summed E-state index contributed by atoms with van der Waals surface area (Å²) in [7, 11) is 0. The molecule has 4 aromatic carbocycles. The standard InChI is InChI=1S/C41H26N4O5/c46-37(27-12-4-1-5-13-27)30-20-21-35(44-38(28-14-6-2-7-15-28)42-33(40(44)47)25-31-18-10-22-49-31)36(24-30)45-39(29-16-8-3-9-17-29)43-34(41(45)48)26-32-19-11-23-50-32/h1-26H. The third kappa shape index (κ3) is 5.58. The van der Waals surface area contributed by atoms with E-state index >= 15 is 0 Å². The minimum Gasteiger partial charge on any atom is -0.465 e. The Hall–Kier alpha value is -7.13. The summed E-state index contributed by atoms with van der Waals surface area (Å²) in [5, 5.41) is 0. The summed E-state index contributed by atoms with van der Waals surface area (Å²) in [6, 6.07) is 39.3. The van der Waals surface area contributed by atoms with Gasteiger partial charge in [-0.05, 0) is 42.5 Å². The highest BCUT2D eigenvalue weighted by atomic mass is 16.3. The van der Waals surface area contributed by atoms with Gasteiger partial charge in [0.15, 0.2) is 5.78 Å². The van der Waals surface area contributed by atoms with E-state index in [1.807, 2.05) is 66.7 Å². The molecule has 2 aliphatic rings. The Balaban J connectivity index is 1.35. The summed E-state index contributed by atoms with van der Waals surface area (Å²) in [4.78, 5) is 55.2. The number of aliphatic imine (C=N–C) groups is 2. The van der Waals surface area contributed by atoms with E-state index in [2.05, 4.69) is 0 Å². The van der Waals surface area contributed by atoms with Gasteiger partial charge in [-0.3, -0.25) is 24.2 Å². The van der Waals surface area contributed by atoms with E-state index in [-0.39, 0.29) is 22.9 Å². The molecular weight excluding hydrogens is 628 g/mol. The number of furan rings is 2. The van der Waals surface area contributed by atoms with Crippen molar-refractivity contribution in [3.63, 3.8) is 0 Å². The first-order chi connectivity index (χ1) is 24.5. The van der Waals surface area contributed by atoms with Crippen LogP contribution < -0.4 is 9.80 Å². The van der Waals surface area contributed by atoms with Gasteiger partial charge in [0.25, 0.3) is 11.8 Å². The van der Waals surface area contributed by atoms with E-state index in [9.17, 15) is 14.4 Å². The zero-order chi connectivity index (χ0) is 34.0. The molecule has 0 bridgehead atoms. The van der Waals surface area contributed by atoms with E-state index < -0.39 is 11.8 Å². The minimum absolute atomic E-state index is 0.118. The fraction of sp³-hybridized carbons (Fsp3) is 0. The van der Waals surface area contributed by atoms with Crippen molar-refractivity contribution in [2.75, 3.05) is 9.80 Å². The van der Waals surface area contributed by atoms with Crippen LogP contribution in [0, 0.1) is 0 Å². The molecule has 0 radical (unpaired) electrons. The normalized spacial score (nSPS) is 16.0. The van der Waals surface area contributed by atoms with Gasteiger partial charge in [0.1, 0.15) is 34.6 Å². The summed E-state index contributed by atoms with van der Waals surface area (Å²) >= 11 is 0. The van der Waals surface area contributed by atoms with E-state index in [1.165, 1.54) is 22.3 Å². The summed E-state index contributed by atoms with van der Waals surface area (Å²) < 4.78 is 11.0. The van der Waals surface area contributed by atoms with Crippen LogP contribution in [0.25, 0.3) is 12.2 Å². The predicted octanol–water partition coefficient (Wildman–Crippen LogP) is 7.77. The minimum atomic E-state index is -0.470. The van der Waals surface area contributed by atoms with Crippen LogP contribution in [-0.4, -0.2) is 29.3 Å². The molecule has 2 aromatic heterocycles. The van der Waals surface area contributed by atoms with Crippen LogP contribution in [0.4, 0.5) is 11.4 Å². The average Bonchev–Trinajstić information content (AvgIpc) is 3.99. The molecule has 0 fully saturated rings. The molecule has 9 nitrogen and oxygen atoms in total. The van der Waals surface area contributed by atoms with Crippen molar-refractivity contribution in [1.29, 1.82) is 0 Å². The molecule has 50 heavy (non-hydrogen) atoms. The largest absolute Gasteiger partial charge is 0.465 e. The Morgan fingerprint density at radius 1 is 0.520 bits per heavy atom. The van der Waals surface area contributed by atoms with Gasteiger partial charge in [0.05, 0.1) is 23.9 Å². The first-order valence-electron chi connectivity index (χ1n) is 15.8. The third-order valence-corrected chi connectivity index (χ3v) is 8.18. The molecule has 9 heteroatoms. The summed E-state index contributed by atoms with van der Waals surface area (Å²) in [5.41, 5.74) is 2.95. The Morgan fingerprint density at radius 2 is 1.00 bits per heavy atom. The highest BCUT2D eigenvalue weighted by molar-refractivity contribution is 6.38. The van der Waals surface area contributed by atoms with Crippen LogP contribution >= 0.6 is 0 Å². The van der Waals surface area contributed by atoms with Crippen molar-refractivity contribution >= 4 is 52.8 Å². The molecule has 6 aromatic rings. The number of benzene rings is 4. The second kappa shape index (κ2) is 12.8. The lowest BCUT2D eigenvalue weighted by molar-refractivity contribution is -0.114. The molecule has 0 N–H and O–H groups in total. The Kier molecular flexibility index (Phi) is 7.75. The van der Waals surface area contributed by atoms with Gasteiger partial charge in [-0.2, -0.15) is 0 Å². The van der Waals surface area contributed by atoms with Crippen molar-refractivity contribution in [1.82, 2.24) is 0 Å².